The van der Waals surface area contributed by atoms with E-state index in [1.54, 1.807) is 37.3 Å². The maximum absolute atomic E-state index is 13.3. The van der Waals surface area contributed by atoms with Crippen molar-refractivity contribution in [3.63, 3.8) is 0 Å². The van der Waals surface area contributed by atoms with Crippen LogP contribution in [0.15, 0.2) is 72.3 Å². The third kappa shape index (κ3) is 5.06. The van der Waals surface area contributed by atoms with Gasteiger partial charge in [-0.2, -0.15) is 0 Å². The fourth-order valence-corrected chi connectivity index (χ4v) is 5.14. The minimum atomic E-state index is -1.02. The van der Waals surface area contributed by atoms with Gasteiger partial charge in [-0.1, -0.05) is 47.2 Å². The van der Waals surface area contributed by atoms with Crippen LogP contribution in [-0.2, 0) is 16.2 Å². The van der Waals surface area contributed by atoms with Gasteiger partial charge in [-0.15, -0.1) is 10.2 Å². The van der Waals surface area contributed by atoms with E-state index in [0.717, 1.165) is 22.5 Å². The molecule has 0 bridgehead atoms. The predicted octanol–water partition coefficient (Wildman–Crippen LogP) is 5.07. The highest BCUT2D eigenvalue weighted by molar-refractivity contribution is 7.15. The number of aromatic hydroxyl groups is 1. The first-order chi connectivity index (χ1) is 18.8. The Kier molecular flexibility index (Phi) is 7.03. The Morgan fingerprint density at radius 2 is 1.79 bits per heavy atom. The maximum Gasteiger partial charge on any atom is 0.301 e. The van der Waals surface area contributed by atoms with E-state index in [-0.39, 0.29) is 28.0 Å². The van der Waals surface area contributed by atoms with Crippen LogP contribution in [0.3, 0.4) is 0 Å². The number of phenolic OH excluding ortho intramolecular Hbond substituents is 1. The zero-order chi connectivity index (χ0) is 27.7. The first-order valence-corrected chi connectivity index (χ1v) is 12.8. The summed E-state index contributed by atoms with van der Waals surface area (Å²) in [6.45, 7) is 4.12. The molecule has 2 N–H and O–H groups in total. The van der Waals surface area contributed by atoms with Crippen LogP contribution in [0.4, 0.5) is 5.13 Å². The molecule has 2 heterocycles. The smallest absolute Gasteiger partial charge is 0.301 e. The summed E-state index contributed by atoms with van der Waals surface area (Å²) < 4.78 is 11.1. The van der Waals surface area contributed by atoms with Crippen molar-refractivity contribution >= 4 is 33.9 Å². The average molecular weight is 544 g/mol. The van der Waals surface area contributed by atoms with Gasteiger partial charge in [0.2, 0.25) is 5.13 Å². The number of rotatable bonds is 7. The summed E-state index contributed by atoms with van der Waals surface area (Å²) in [5, 5.41) is 30.3. The van der Waals surface area contributed by atoms with Gasteiger partial charge < -0.3 is 19.7 Å². The molecule has 9 nitrogen and oxygen atoms in total. The van der Waals surface area contributed by atoms with Gasteiger partial charge in [0.05, 0.1) is 18.7 Å². The number of carbonyl (C=O) groups is 2. The molecule has 0 spiro atoms. The zero-order valence-electron chi connectivity index (χ0n) is 21.4. The second-order valence-electron chi connectivity index (χ2n) is 9.01. The van der Waals surface area contributed by atoms with Crippen LogP contribution in [0.5, 0.6) is 17.2 Å². The Bertz CT molecular complexity index is 1590. The van der Waals surface area contributed by atoms with Gasteiger partial charge in [-0.05, 0) is 61.4 Å². The van der Waals surface area contributed by atoms with Gasteiger partial charge >= 0.3 is 5.91 Å². The fraction of sp³-hybridized carbons (Fsp3) is 0.172. The number of ether oxygens (including phenoxy) is 2. The number of phenols is 1. The minimum absolute atomic E-state index is 0.105. The fourth-order valence-electron chi connectivity index (χ4n) is 4.43. The lowest BCUT2D eigenvalue weighted by molar-refractivity contribution is -0.132. The zero-order valence-corrected chi connectivity index (χ0v) is 22.2. The highest BCUT2D eigenvalue weighted by Gasteiger charge is 2.48. The summed E-state index contributed by atoms with van der Waals surface area (Å²) in [4.78, 5) is 27.8. The summed E-state index contributed by atoms with van der Waals surface area (Å²) in [6.07, 6.45) is 0. The van der Waals surface area contributed by atoms with Crippen molar-refractivity contribution in [2.45, 2.75) is 26.5 Å². The van der Waals surface area contributed by atoms with E-state index in [9.17, 15) is 19.8 Å². The van der Waals surface area contributed by atoms with Crippen molar-refractivity contribution in [2.75, 3.05) is 12.0 Å². The normalized spacial score (nSPS) is 16.5. The van der Waals surface area contributed by atoms with Crippen LogP contribution < -0.4 is 14.4 Å². The van der Waals surface area contributed by atoms with Crippen LogP contribution >= 0.6 is 11.3 Å². The van der Waals surface area contributed by atoms with Crippen molar-refractivity contribution < 1.29 is 29.3 Å². The SMILES string of the molecule is COc1cc([C@@H]2C(=C(O)c3ccc(OCc4cccc(C)c4)cc3)C(=O)C(=O)N2c2nnc(C)s2)ccc1O. The minimum Gasteiger partial charge on any atom is -0.507 e. The summed E-state index contributed by atoms with van der Waals surface area (Å²) in [5.41, 5.74) is 2.82. The molecule has 5 rings (SSSR count). The molecule has 39 heavy (non-hydrogen) atoms. The molecule has 198 valence electrons. The predicted molar refractivity (Wildman–Crippen MR) is 146 cm³/mol. The number of benzene rings is 3. The Morgan fingerprint density at radius 1 is 1.03 bits per heavy atom. The molecule has 4 aromatic rings. The van der Waals surface area contributed by atoms with Crippen molar-refractivity contribution in [1.82, 2.24) is 10.2 Å². The standard InChI is InChI=1S/C29H25N3O6S/c1-16-5-4-6-18(13-16)15-38-21-10-7-19(8-11-21)26(34)24-25(20-9-12-22(33)23(14-20)37-3)32(28(36)27(24)35)29-31-30-17(2)39-29/h4-14,25,33-34H,15H2,1-3H3/t25-/m1/s1. The van der Waals surface area contributed by atoms with Crippen LogP contribution in [0.2, 0.25) is 0 Å². The number of Topliss-reactive ketones (excluding diaryl/α,β-unsaturated/α-hetero) is 1. The third-order valence-corrected chi connectivity index (χ3v) is 7.14. The van der Waals surface area contributed by atoms with Gasteiger partial charge in [-0.3, -0.25) is 14.5 Å². The van der Waals surface area contributed by atoms with E-state index in [1.165, 1.54) is 24.1 Å². The molecule has 10 heteroatoms. The van der Waals surface area contributed by atoms with Gasteiger partial charge in [0.15, 0.2) is 11.5 Å². The second-order valence-corrected chi connectivity index (χ2v) is 10.2. The number of amides is 1. The summed E-state index contributed by atoms with van der Waals surface area (Å²) in [6, 6.07) is 18.1. The molecule has 0 saturated carbocycles. The molecule has 1 amide bonds. The van der Waals surface area contributed by atoms with E-state index >= 15 is 0 Å². The van der Waals surface area contributed by atoms with E-state index in [0.29, 0.717) is 28.5 Å². The first kappa shape index (κ1) is 25.9. The molecule has 0 radical (unpaired) electrons. The van der Waals surface area contributed by atoms with Gasteiger partial charge in [0.1, 0.15) is 23.1 Å². The molecule has 1 saturated heterocycles. The Hall–Kier alpha value is -4.70. The molecule has 1 aliphatic rings. The second kappa shape index (κ2) is 10.6. The van der Waals surface area contributed by atoms with Crippen molar-refractivity contribution in [3.05, 3.63) is 99.6 Å². The largest absolute Gasteiger partial charge is 0.507 e. The molecular weight excluding hydrogens is 518 g/mol. The van der Waals surface area contributed by atoms with E-state index < -0.39 is 17.7 Å². The topological polar surface area (TPSA) is 122 Å². The van der Waals surface area contributed by atoms with E-state index in [1.807, 2.05) is 31.2 Å². The number of aromatic nitrogens is 2. The number of aliphatic hydroxyl groups excluding tert-OH is 1. The number of hydrogen-bond donors (Lipinski definition) is 2. The Balaban J connectivity index is 1.53. The summed E-state index contributed by atoms with van der Waals surface area (Å²) in [5.74, 6) is -1.43. The number of anilines is 1. The lowest BCUT2D eigenvalue weighted by Crippen LogP contribution is -2.29. The van der Waals surface area contributed by atoms with Crippen molar-refractivity contribution in [2.24, 2.45) is 0 Å². The third-order valence-electron chi connectivity index (χ3n) is 6.30. The van der Waals surface area contributed by atoms with E-state index in [4.69, 9.17) is 9.47 Å². The highest BCUT2D eigenvalue weighted by Crippen LogP contribution is 2.44. The van der Waals surface area contributed by atoms with Gasteiger partial charge in [0, 0.05) is 5.56 Å². The number of aliphatic hydroxyl groups is 1. The number of ketones is 1. The molecule has 1 atom stereocenters. The quantitative estimate of drug-likeness (QED) is 0.188. The monoisotopic (exact) mass is 543 g/mol. The number of aryl methyl sites for hydroxylation is 2. The molecule has 1 aromatic heterocycles. The lowest BCUT2D eigenvalue weighted by Gasteiger charge is -2.23. The van der Waals surface area contributed by atoms with Crippen LogP contribution in [-0.4, -0.2) is 39.2 Å². The summed E-state index contributed by atoms with van der Waals surface area (Å²) in [7, 11) is 1.40. The van der Waals surface area contributed by atoms with Crippen molar-refractivity contribution in [1.29, 1.82) is 0 Å². The number of carbonyl (C=O) groups excluding carboxylic acids is 2. The maximum atomic E-state index is 13.3. The Morgan fingerprint density at radius 3 is 2.46 bits per heavy atom. The molecular formula is C29H25N3O6S. The van der Waals surface area contributed by atoms with Gasteiger partial charge in [0.25, 0.3) is 5.78 Å². The number of hydrogen-bond acceptors (Lipinski definition) is 9. The van der Waals surface area contributed by atoms with Gasteiger partial charge in [-0.25, -0.2) is 0 Å². The Labute approximate surface area is 228 Å². The molecule has 1 fully saturated rings. The molecule has 0 unspecified atom stereocenters. The molecule has 1 aliphatic heterocycles. The van der Waals surface area contributed by atoms with Crippen LogP contribution in [0.1, 0.15) is 33.3 Å². The molecule has 3 aromatic carbocycles. The first-order valence-electron chi connectivity index (χ1n) is 12.0. The number of nitrogens with zero attached hydrogens (tertiary/aromatic N) is 3. The average Bonchev–Trinajstić information content (AvgIpc) is 3.47. The lowest BCUT2D eigenvalue weighted by atomic mass is 9.95. The van der Waals surface area contributed by atoms with Crippen LogP contribution in [0.25, 0.3) is 5.76 Å². The van der Waals surface area contributed by atoms with Crippen LogP contribution in [0, 0.1) is 13.8 Å². The highest BCUT2D eigenvalue weighted by atomic mass is 32.1. The summed E-state index contributed by atoms with van der Waals surface area (Å²) >= 11 is 1.15. The van der Waals surface area contributed by atoms with Crippen molar-refractivity contribution in [3.8, 4) is 17.2 Å². The van der Waals surface area contributed by atoms with E-state index in [2.05, 4.69) is 10.2 Å². The number of methoxy groups -OCH3 is 1. The molecule has 0 aliphatic carbocycles.